The number of anilines is 1. The number of rotatable bonds is 7. The summed E-state index contributed by atoms with van der Waals surface area (Å²) in [5, 5.41) is 14.2. The maximum absolute atomic E-state index is 12.6. The molecule has 0 saturated carbocycles. The molecule has 8 nitrogen and oxygen atoms in total. The van der Waals surface area contributed by atoms with Crippen molar-refractivity contribution in [2.24, 2.45) is 0 Å². The van der Waals surface area contributed by atoms with E-state index in [0.717, 1.165) is 27.3 Å². The summed E-state index contributed by atoms with van der Waals surface area (Å²) in [7, 11) is 4.98. The van der Waals surface area contributed by atoms with Crippen molar-refractivity contribution in [1.29, 1.82) is 5.26 Å². The number of carbonyl (C=O) groups is 1. The predicted octanol–water partition coefficient (Wildman–Crippen LogP) is 2.61. The molecule has 0 fully saturated rings. The molecule has 0 bridgehead atoms. The molecule has 30 heavy (non-hydrogen) atoms. The third kappa shape index (κ3) is 4.51. The molecule has 0 aliphatic carbocycles. The first kappa shape index (κ1) is 21.5. The second kappa shape index (κ2) is 9.53. The van der Waals surface area contributed by atoms with Crippen molar-refractivity contribution in [2.75, 3.05) is 26.5 Å². The van der Waals surface area contributed by atoms with Crippen LogP contribution in [0.2, 0.25) is 11.1 Å². The second-order valence-electron chi connectivity index (χ2n) is 6.73. The van der Waals surface area contributed by atoms with E-state index in [2.05, 4.69) is 32.2 Å². The van der Waals surface area contributed by atoms with Gasteiger partial charge in [-0.15, -0.1) is 0 Å². The number of carbonyl (C=O) groups excluding carboxylic acids is 1. The number of aromatic nitrogens is 3. The zero-order valence-corrected chi connectivity index (χ0v) is 18.9. The van der Waals surface area contributed by atoms with E-state index < -0.39 is 0 Å². The zero-order chi connectivity index (χ0) is 21.7. The van der Waals surface area contributed by atoms with E-state index >= 15 is 0 Å². The molecular weight excluding hydrogens is 447 g/mol. The molecule has 0 spiro atoms. The Balaban J connectivity index is 2.04. The molecule has 2 heterocycles. The topological polar surface area (TPSA) is 104 Å². The van der Waals surface area contributed by atoms with Gasteiger partial charge in [0.25, 0.3) is 0 Å². The van der Waals surface area contributed by atoms with Gasteiger partial charge < -0.3 is 0 Å². The first-order chi connectivity index (χ1) is 14.5. The number of amides is 1. The molecule has 154 valence electrons. The molecule has 9 heteroatoms. The van der Waals surface area contributed by atoms with Gasteiger partial charge in [0, 0.05) is 0 Å². The Hall–Kier alpha value is -3.21. The number of fused-ring (bicyclic) bond motifs is 1. The minimum absolute atomic E-state index is 0.0136. The summed E-state index contributed by atoms with van der Waals surface area (Å²) in [4.78, 5) is 27.1. The summed E-state index contributed by atoms with van der Waals surface area (Å²) in [6, 6.07) is 9.24. The monoisotopic (exact) mass is 470 g/mol. The van der Waals surface area contributed by atoms with Gasteiger partial charge in [0.15, 0.2) is 0 Å². The molecule has 1 atom stereocenters. The fourth-order valence-corrected chi connectivity index (χ4v) is 4.20. The average molecular weight is 469 g/mol. The molecule has 2 aromatic heterocycles. The molecule has 3 aromatic rings. The Morgan fingerprint density at radius 2 is 2.07 bits per heavy atom. The summed E-state index contributed by atoms with van der Waals surface area (Å²) < 4.78 is 5.13. The molecule has 3 rings (SSSR count). The Bertz CT molecular complexity index is 1110. The molecule has 1 aromatic carbocycles. The molecule has 0 aliphatic rings. The van der Waals surface area contributed by atoms with Gasteiger partial charge in [-0.3, -0.25) is 0 Å². The third-order valence-corrected chi connectivity index (χ3v) is 5.92. The van der Waals surface area contributed by atoms with Gasteiger partial charge in [0.1, 0.15) is 0 Å². The van der Waals surface area contributed by atoms with Gasteiger partial charge >= 0.3 is 174 Å². The van der Waals surface area contributed by atoms with Gasteiger partial charge in [-0.2, -0.15) is 0 Å². The number of hydrogen-bond donors (Lipinski definition) is 1. The van der Waals surface area contributed by atoms with E-state index in [-0.39, 0.29) is 11.9 Å². The molecule has 1 amide bonds. The Labute approximate surface area is 181 Å². The Morgan fingerprint density at radius 1 is 1.27 bits per heavy atom. The number of ether oxygens (including phenoxy) is 1. The zero-order valence-electron chi connectivity index (χ0n) is 17.2. The van der Waals surface area contributed by atoms with Gasteiger partial charge in [-0.1, -0.05) is 0 Å². The summed E-state index contributed by atoms with van der Waals surface area (Å²) in [6.45, 7) is 0. The number of nitrogens with one attached hydrogen (secondary N) is 1. The van der Waals surface area contributed by atoms with Crippen LogP contribution in [0.15, 0.2) is 36.8 Å². The Morgan fingerprint density at radius 3 is 2.73 bits per heavy atom. The van der Waals surface area contributed by atoms with Crippen LogP contribution in [0, 0.1) is 11.3 Å². The van der Waals surface area contributed by atoms with Crippen molar-refractivity contribution < 1.29 is 9.53 Å². The SMILES string of the molecule is COc1ncc(-c2ccc3ncnc(N[C@@H](C[Se]C)C(=O)N(C)C)c3c2)cc1C#N. The molecule has 0 unspecified atom stereocenters. The minimum atomic E-state index is -0.348. The van der Waals surface area contributed by atoms with Crippen LogP contribution in [0.4, 0.5) is 5.82 Å². The van der Waals surface area contributed by atoms with E-state index in [1.807, 2.05) is 18.2 Å². The van der Waals surface area contributed by atoms with Gasteiger partial charge in [0.05, 0.1) is 7.11 Å². The van der Waals surface area contributed by atoms with Gasteiger partial charge in [-0.05, 0) is 0 Å². The van der Waals surface area contributed by atoms with E-state index in [1.54, 1.807) is 31.3 Å². The predicted molar refractivity (Wildman–Crippen MR) is 117 cm³/mol. The number of nitriles is 1. The quantitative estimate of drug-likeness (QED) is 0.531. The van der Waals surface area contributed by atoms with Crippen LogP contribution in [0.25, 0.3) is 22.0 Å². The van der Waals surface area contributed by atoms with Gasteiger partial charge in [0.2, 0.25) is 0 Å². The first-order valence-electron chi connectivity index (χ1n) is 9.14. The van der Waals surface area contributed by atoms with E-state index in [9.17, 15) is 10.1 Å². The van der Waals surface area contributed by atoms with Crippen LogP contribution in [0.3, 0.4) is 0 Å². The van der Waals surface area contributed by atoms with Gasteiger partial charge in [-0.25, -0.2) is 0 Å². The summed E-state index contributed by atoms with van der Waals surface area (Å²) >= 11 is 0.319. The van der Waals surface area contributed by atoms with Crippen molar-refractivity contribution in [1.82, 2.24) is 19.9 Å². The van der Waals surface area contributed by atoms with E-state index in [1.165, 1.54) is 13.4 Å². The van der Waals surface area contributed by atoms with Crippen molar-refractivity contribution in [3.05, 3.63) is 42.4 Å². The fourth-order valence-electron chi connectivity index (χ4n) is 3.02. The average Bonchev–Trinajstić information content (AvgIpc) is 2.77. The summed E-state index contributed by atoms with van der Waals surface area (Å²) in [5.74, 6) is 3.01. The number of nitrogens with zero attached hydrogens (tertiary/aromatic N) is 5. The summed E-state index contributed by atoms with van der Waals surface area (Å²) in [5.41, 5.74) is 2.76. The van der Waals surface area contributed by atoms with Crippen LogP contribution in [-0.2, 0) is 4.79 Å². The molecule has 1 N–H and O–H groups in total. The normalized spacial score (nSPS) is 11.6. The van der Waals surface area contributed by atoms with Crippen LogP contribution < -0.4 is 10.1 Å². The standard InChI is InChI=1S/C21H22N6O2Se/c1-27(2)21(28)18(11-30-4)26-19-16-8-13(5-6-17(16)24-12-25-19)15-7-14(9-22)20(29-3)23-10-15/h5-8,10,12,18H,11H2,1-4H3,(H,24,25,26)/t18-/m0/s1. The van der Waals surface area contributed by atoms with E-state index in [0.29, 0.717) is 32.2 Å². The molecule has 0 radical (unpaired) electrons. The maximum atomic E-state index is 12.6. The van der Waals surface area contributed by atoms with E-state index in [4.69, 9.17) is 4.74 Å². The number of benzene rings is 1. The number of hydrogen-bond acceptors (Lipinski definition) is 7. The van der Waals surface area contributed by atoms with Crippen molar-refractivity contribution >= 4 is 37.6 Å². The van der Waals surface area contributed by atoms with Crippen molar-refractivity contribution in [2.45, 2.75) is 17.2 Å². The van der Waals surface area contributed by atoms with Crippen molar-refractivity contribution in [3.63, 3.8) is 0 Å². The number of pyridine rings is 1. The van der Waals surface area contributed by atoms with Crippen LogP contribution in [0.1, 0.15) is 5.56 Å². The van der Waals surface area contributed by atoms with Crippen LogP contribution in [-0.4, -0.2) is 68.0 Å². The molecule has 0 aliphatic heterocycles. The first-order valence-corrected chi connectivity index (χ1v) is 12.1. The van der Waals surface area contributed by atoms with Crippen LogP contribution >= 0.6 is 0 Å². The Kier molecular flexibility index (Phi) is 6.83. The summed E-state index contributed by atoms with van der Waals surface area (Å²) in [6.07, 6.45) is 3.15. The molecular formula is C21H22N6O2Se. The second-order valence-corrected chi connectivity index (χ2v) is 8.64. The third-order valence-electron chi connectivity index (χ3n) is 4.52. The fraction of sp³-hybridized carbons (Fsp3) is 0.286. The number of methoxy groups -OCH3 is 1. The van der Waals surface area contributed by atoms with Crippen molar-refractivity contribution in [3.8, 4) is 23.1 Å². The van der Waals surface area contributed by atoms with Crippen LogP contribution in [0.5, 0.6) is 5.88 Å². The molecule has 0 saturated heterocycles. The number of likely N-dealkylation sites (N-methyl/N-ethyl adjacent to an activating group) is 1.